The van der Waals surface area contributed by atoms with Gasteiger partial charge in [0.25, 0.3) is 15.9 Å². The van der Waals surface area contributed by atoms with Gasteiger partial charge in [-0.3, -0.25) is 9.10 Å². The third-order valence-corrected chi connectivity index (χ3v) is 6.31. The molecule has 0 spiro atoms. The molecule has 0 fully saturated rings. The zero-order valence-corrected chi connectivity index (χ0v) is 18.5. The van der Waals surface area contributed by atoms with Crippen molar-refractivity contribution < 1.29 is 22.3 Å². The highest BCUT2D eigenvalue weighted by Crippen LogP contribution is 2.27. The molecule has 0 aliphatic heterocycles. The second-order valence-corrected chi connectivity index (χ2v) is 8.81. The van der Waals surface area contributed by atoms with E-state index in [0.29, 0.717) is 16.3 Å². The molecule has 3 rings (SSSR count). The summed E-state index contributed by atoms with van der Waals surface area (Å²) < 4.78 is 45.8. The van der Waals surface area contributed by atoms with Crippen molar-refractivity contribution in [2.24, 2.45) is 5.10 Å². The van der Waals surface area contributed by atoms with Gasteiger partial charge in [-0.2, -0.15) is 5.10 Å². The predicted molar refractivity (Wildman–Crippen MR) is 121 cm³/mol. The second kappa shape index (κ2) is 10.3. The smallest absolute Gasteiger partial charge is 0.264 e. The average molecular weight is 476 g/mol. The van der Waals surface area contributed by atoms with Gasteiger partial charge in [-0.1, -0.05) is 29.8 Å². The first-order valence-electron chi connectivity index (χ1n) is 9.29. The molecule has 166 valence electrons. The van der Waals surface area contributed by atoms with Crippen LogP contribution in [0.25, 0.3) is 0 Å². The highest BCUT2D eigenvalue weighted by molar-refractivity contribution is 7.92. The molecule has 0 aliphatic carbocycles. The lowest BCUT2D eigenvalue weighted by Crippen LogP contribution is -2.39. The molecular formula is C22H19ClFN3O4S. The molecule has 0 unspecified atom stereocenters. The van der Waals surface area contributed by atoms with Crippen LogP contribution in [0.2, 0.25) is 5.02 Å². The maximum absolute atomic E-state index is 13.3. The summed E-state index contributed by atoms with van der Waals surface area (Å²) in [5.41, 5.74) is 2.90. The largest absolute Gasteiger partial charge is 0.497 e. The molecule has 0 radical (unpaired) electrons. The number of anilines is 1. The first-order chi connectivity index (χ1) is 15.3. The quantitative estimate of drug-likeness (QED) is 0.396. The fourth-order valence-electron chi connectivity index (χ4n) is 2.75. The van der Waals surface area contributed by atoms with Crippen LogP contribution in [0.15, 0.2) is 82.8 Å². The Kier molecular flexibility index (Phi) is 7.45. The number of hydrazone groups is 1. The van der Waals surface area contributed by atoms with E-state index in [-0.39, 0.29) is 10.6 Å². The van der Waals surface area contributed by atoms with Gasteiger partial charge in [0.1, 0.15) is 18.1 Å². The topological polar surface area (TPSA) is 88.1 Å². The van der Waals surface area contributed by atoms with E-state index in [4.69, 9.17) is 16.3 Å². The minimum absolute atomic E-state index is 0.0330. The zero-order chi connectivity index (χ0) is 23.1. The Morgan fingerprint density at radius 1 is 1.12 bits per heavy atom. The van der Waals surface area contributed by atoms with Crippen LogP contribution >= 0.6 is 11.6 Å². The maximum Gasteiger partial charge on any atom is 0.264 e. The number of ether oxygens (including phenoxy) is 1. The van der Waals surface area contributed by atoms with Gasteiger partial charge in [-0.15, -0.1) is 0 Å². The summed E-state index contributed by atoms with van der Waals surface area (Å²) in [6.07, 6.45) is 1.25. The van der Waals surface area contributed by atoms with Crippen molar-refractivity contribution in [3.05, 3.63) is 89.2 Å². The number of rotatable bonds is 8. The molecule has 0 heterocycles. The number of nitrogens with one attached hydrogen (secondary N) is 1. The van der Waals surface area contributed by atoms with Crippen LogP contribution in [0, 0.1) is 5.82 Å². The van der Waals surface area contributed by atoms with Crippen molar-refractivity contribution in [3.63, 3.8) is 0 Å². The Bertz CT molecular complexity index is 1230. The number of carbonyl (C=O) groups is 1. The van der Waals surface area contributed by atoms with E-state index in [1.807, 2.05) is 0 Å². The summed E-state index contributed by atoms with van der Waals surface area (Å²) in [4.78, 5) is 12.5. The van der Waals surface area contributed by atoms with E-state index in [1.165, 1.54) is 67.9 Å². The molecule has 7 nitrogen and oxygen atoms in total. The van der Waals surface area contributed by atoms with Gasteiger partial charge < -0.3 is 4.74 Å². The number of nitrogens with zero attached hydrogens (tertiary/aromatic N) is 2. The van der Waals surface area contributed by atoms with Crippen molar-refractivity contribution in [1.82, 2.24) is 5.43 Å². The molecule has 3 aromatic carbocycles. The standard InChI is InChI=1S/C22H19ClFN3O4S/c1-31-20-8-10-21(11-9-20)32(29,30)27(19-7-3-5-17(23)13-19)15-22(28)26-25-14-16-4-2-6-18(24)12-16/h2-14H,15H2,1H3,(H,26,28)/b25-14-. The lowest BCUT2D eigenvalue weighted by atomic mass is 10.2. The van der Waals surface area contributed by atoms with Gasteiger partial charge in [0, 0.05) is 5.02 Å². The van der Waals surface area contributed by atoms with Crippen LogP contribution in [-0.2, 0) is 14.8 Å². The minimum Gasteiger partial charge on any atom is -0.497 e. The number of hydrogen-bond acceptors (Lipinski definition) is 5. The number of halogens is 2. The van der Waals surface area contributed by atoms with Gasteiger partial charge >= 0.3 is 0 Å². The highest BCUT2D eigenvalue weighted by Gasteiger charge is 2.27. The molecule has 0 aromatic heterocycles. The van der Waals surface area contributed by atoms with E-state index >= 15 is 0 Å². The van der Waals surface area contributed by atoms with E-state index in [1.54, 1.807) is 18.2 Å². The van der Waals surface area contributed by atoms with Crippen LogP contribution < -0.4 is 14.5 Å². The zero-order valence-electron chi connectivity index (χ0n) is 16.9. The normalized spacial score (nSPS) is 11.3. The first-order valence-corrected chi connectivity index (χ1v) is 11.1. The number of carbonyl (C=O) groups excluding carboxylic acids is 1. The van der Waals surface area contributed by atoms with E-state index in [0.717, 1.165) is 4.31 Å². The molecule has 0 atom stereocenters. The fourth-order valence-corrected chi connectivity index (χ4v) is 4.35. The summed E-state index contributed by atoms with van der Waals surface area (Å²) in [5.74, 6) is -0.657. The number of sulfonamides is 1. The lowest BCUT2D eigenvalue weighted by molar-refractivity contribution is -0.119. The molecule has 0 saturated heterocycles. The molecular weight excluding hydrogens is 457 g/mol. The third kappa shape index (κ3) is 5.83. The molecule has 0 aliphatic rings. The Morgan fingerprint density at radius 3 is 2.50 bits per heavy atom. The first kappa shape index (κ1) is 23.2. The van der Waals surface area contributed by atoms with Crippen molar-refractivity contribution in [3.8, 4) is 5.75 Å². The highest BCUT2D eigenvalue weighted by atomic mass is 35.5. The van der Waals surface area contributed by atoms with Crippen LogP contribution in [0.3, 0.4) is 0 Å². The molecule has 0 saturated carbocycles. The fraction of sp³-hybridized carbons (Fsp3) is 0.0909. The third-order valence-electron chi connectivity index (χ3n) is 4.28. The molecule has 0 bridgehead atoms. The van der Waals surface area contributed by atoms with Gasteiger partial charge in [0.2, 0.25) is 0 Å². The van der Waals surface area contributed by atoms with Crippen molar-refractivity contribution in [2.75, 3.05) is 18.0 Å². The Balaban J connectivity index is 1.85. The summed E-state index contributed by atoms with van der Waals surface area (Å²) >= 11 is 6.03. The van der Waals surface area contributed by atoms with Crippen LogP contribution in [0.1, 0.15) is 5.56 Å². The van der Waals surface area contributed by atoms with Gasteiger partial charge in [-0.25, -0.2) is 18.2 Å². The minimum atomic E-state index is -4.12. The van der Waals surface area contributed by atoms with E-state index in [9.17, 15) is 17.6 Å². The number of benzene rings is 3. The average Bonchev–Trinajstić information content (AvgIpc) is 2.77. The van der Waals surface area contributed by atoms with Gasteiger partial charge in [-0.05, 0) is 60.2 Å². The van der Waals surface area contributed by atoms with Crippen LogP contribution in [0.5, 0.6) is 5.75 Å². The summed E-state index contributed by atoms with van der Waals surface area (Å²) in [6, 6.07) is 17.5. The Labute approximate surface area is 190 Å². The van der Waals surface area contributed by atoms with E-state index < -0.39 is 28.3 Å². The molecule has 32 heavy (non-hydrogen) atoms. The second-order valence-electron chi connectivity index (χ2n) is 6.52. The summed E-state index contributed by atoms with van der Waals surface area (Å²) in [7, 11) is -2.65. The Hall–Kier alpha value is -3.43. The van der Waals surface area contributed by atoms with Gasteiger partial charge in [0.15, 0.2) is 0 Å². The van der Waals surface area contributed by atoms with Crippen LogP contribution in [-0.4, -0.2) is 34.2 Å². The number of amides is 1. The van der Waals surface area contributed by atoms with Gasteiger partial charge in [0.05, 0.1) is 23.9 Å². The summed E-state index contributed by atoms with van der Waals surface area (Å²) in [6.45, 7) is -0.560. The van der Waals surface area contributed by atoms with Crippen molar-refractivity contribution in [2.45, 2.75) is 4.90 Å². The van der Waals surface area contributed by atoms with Crippen molar-refractivity contribution in [1.29, 1.82) is 0 Å². The lowest BCUT2D eigenvalue weighted by Gasteiger charge is -2.24. The predicted octanol–water partition coefficient (Wildman–Crippen LogP) is 3.83. The number of hydrogen-bond donors (Lipinski definition) is 1. The maximum atomic E-state index is 13.3. The molecule has 1 amide bonds. The molecule has 3 aromatic rings. The van der Waals surface area contributed by atoms with E-state index in [2.05, 4.69) is 10.5 Å². The molecule has 1 N–H and O–H groups in total. The summed E-state index contributed by atoms with van der Waals surface area (Å²) in [5, 5.41) is 4.08. The monoisotopic (exact) mass is 475 g/mol. The number of methoxy groups -OCH3 is 1. The SMILES string of the molecule is COc1ccc(S(=O)(=O)N(CC(=O)N/N=C\c2cccc(F)c2)c2cccc(Cl)c2)cc1. The van der Waals surface area contributed by atoms with Crippen LogP contribution in [0.4, 0.5) is 10.1 Å². The Morgan fingerprint density at radius 2 is 1.84 bits per heavy atom. The molecule has 10 heteroatoms. The van der Waals surface area contributed by atoms with Crippen molar-refractivity contribution >= 4 is 39.4 Å².